The maximum absolute atomic E-state index is 11.1. The van der Waals surface area contributed by atoms with Crippen LogP contribution in [0.15, 0.2) is 31.4 Å². The monoisotopic (exact) mass is 202 g/mol. The smallest absolute Gasteiger partial charge is 0.238 e. The predicted molar refractivity (Wildman–Crippen MR) is 64.3 cm³/mol. The fraction of sp³-hybridized carbons (Fsp3) is 0.0833. The van der Waals surface area contributed by atoms with Crippen molar-refractivity contribution in [2.24, 2.45) is 5.73 Å². The summed E-state index contributed by atoms with van der Waals surface area (Å²) in [5.41, 5.74) is 7.82. The van der Waals surface area contributed by atoms with E-state index in [4.69, 9.17) is 5.73 Å². The summed E-state index contributed by atoms with van der Waals surface area (Å²) in [5, 5.41) is 2.67. The summed E-state index contributed by atoms with van der Waals surface area (Å²) < 4.78 is 0. The highest BCUT2D eigenvalue weighted by molar-refractivity contribution is 5.92. The lowest BCUT2D eigenvalue weighted by Gasteiger charge is -2.06. The zero-order valence-corrected chi connectivity index (χ0v) is 8.49. The molecule has 0 aliphatic heterocycles. The Bertz CT molecular complexity index is 397. The third-order valence-electron chi connectivity index (χ3n) is 2.00. The highest BCUT2D eigenvalue weighted by atomic mass is 16.1. The highest BCUT2D eigenvalue weighted by Gasteiger charge is 2.01. The average Bonchev–Trinajstić information content (AvgIpc) is 2.28. The molecule has 15 heavy (non-hydrogen) atoms. The molecule has 0 radical (unpaired) electrons. The third-order valence-corrected chi connectivity index (χ3v) is 2.00. The summed E-state index contributed by atoms with van der Waals surface area (Å²) in [6, 6.07) is 5.51. The SMILES string of the molecule is C=Cc1ccc(NC(=O)CN)cc1C=C. The van der Waals surface area contributed by atoms with Gasteiger partial charge in [-0.2, -0.15) is 0 Å². The fourth-order valence-corrected chi connectivity index (χ4v) is 1.23. The average molecular weight is 202 g/mol. The molecule has 0 saturated carbocycles. The second-order valence-corrected chi connectivity index (χ2v) is 3.00. The highest BCUT2D eigenvalue weighted by Crippen LogP contribution is 2.17. The van der Waals surface area contributed by atoms with Crippen molar-refractivity contribution in [1.82, 2.24) is 0 Å². The first-order valence-electron chi connectivity index (χ1n) is 4.60. The molecule has 3 heteroatoms. The van der Waals surface area contributed by atoms with Gasteiger partial charge >= 0.3 is 0 Å². The predicted octanol–water partition coefficient (Wildman–Crippen LogP) is 1.87. The Hall–Kier alpha value is -1.87. The second-order valence-electron chi connectivity index (χ2n) is 3.00. The van der Waals surface area contributed by atoms with Crippen LogP contribution in [0.1, 0.15) is 11.1 Å². The van der Waals surface area contributed by atoms with E-state index in [-0.39, 0.29) is 12.5 Å². The van der Waals surface area contributed by atoms with Gasteiger partial charge in [-0.15, -0.1) is 0 Å². The lowest BCUT2D eigenvalue weighted by atomic mass is 10.1. The van der Waals surface area contributed by atoms with Crippen molar-refractivity contribution in [2.45, 2.75) is 0 Å². The van der Waals surface area contributed by atoms with Gasteiger partial charge in [0.1, 0.15) is 0 Å². The number of anilines is 1. The van der Waals surface area contributed by atoms with Crippen molar-refractivity contribution in [3.8, 4) is 0 Å². The first-order valence-corrected chi connectivity index (χ1v) is 4.60. The van der Waals surface area contributed by atoms with Crippen LogP contribution in [0, 0.1) is 0 Å². The maximum atomic E-state index is 11.1. The van der Waals surface area contributed by atoms with E-state index in [0.29, 0.717) is 5.69 Å². The summed E-state index contributed by atoms with van der Waals surface area (Å²) in [4.78, 5) is 11.1. The van der Waals surface area contributed by atoms with Gasteiger partial charge in [0, 0.05) is 5.69 Å². The molecule has 78 valence electrons. The van der Waals surface area contributed by atoms with Gasteiger partial charge in [0.05, 0.1) is 6.54 Å². The molecule has 1 rings (SSSR count). The molecule has 1 aromatic carbocycles. The van der Waals surface area contributed by atoms with Gasteiger partial charge in [0.2, 0.25) is 5.91 Å². The maximum Gasteiger partial charge on any atom is 0.238 e. The minimum Gasteiger partial charge on any atom is -0.325 e. The number of carbonyl (C=O) groups excluding carboxylic acids is 1. The van der Waals surface area contributed by atoms with Crippen LogP contribution in [-0.4, -0.2) is 12.5 Å². The number of hydrogen-bond donors (Lipinski definition) is 2. The van der Waals surface area contributed by atoms with E-state index < -0.39 is 0 Å². The third kappa shape index (κ3) is 2.79. The van der Waals surface area contributed by atoms with Crippen LogP contribution >= 0.6 is 0 Å². The van der Waals surface area contributed by atoms with Gasteiger partial charge in [-0.25, -0.2) is 0 Å². The molecule has 0 heterocycles. The number of benzene rings is 1. The molecule has 0 fully saturated rings. The van der Waals surface area contributed by atoms with E-state index in [1.165, 1.54) is 0 Å². The summed E-state index contributed by atoms with van der Waals surface area (Å²) in [7, 11) is 0. The molecule has 0 aliphatic carbocycles. The summed E-state index contributed by atoms with van der Waals surface area (Å²) in [5.74, 6) is -0.212. The molecular weight excluding hydrogens is 188 g/mol. The van der Waals surface area contributed by atoms with E-state index in [1.54, 1.807) is 18.2 Å². The number of nitrogens with one attached hydrogen (secondary N) is 1. The first-order chi connectivity index (χ1) is 7.21. The Morgan fingerprint density at radius 3 is 2.53 bits per heavy atom. The topological polar surface area (TPSA) is 55.1 Å². The fourth-order valence-electron chi connectivity index (χ4n) is 1.23. The van der Waals surface area contributed by atoms with Crippen molar-refractivity contribution in [3.05, 3.63) is 42.5 Å². The summed E-state index contributed by atoms with van der Waals surface area (Å²) in [6.07, 6.45) is 3.46. The zero-order valence-electron chi connectivity index (χ0n) is 8.49. The van der Waals surface area contributed by atoms with Gasteiger partial charge in [-0.05, 0) is 23.3 Å². The Kier molecular flexibility index (Phi) is 3.83. The molecule has 3 nitrogen and oxygen atoms in total. The number of hydrogen-bond acceptors (Lipinski definition) is 2. The van der Waals surface area contributed by atoms with Crippen LogP contribution < -0.4 is 11.1 Å². The van der Waals surface area contributed by atoms with Crippen LogP contribution in [-0.2, 0) is 4.79 Å². The minimum absolute atomic E-state index is 0.0212. The van der Waals surface area contributed by atoms with E-state index in [1.807, 2.05) is 12.1 Å². The van der Waals surface area contributed by atoms with Crippen LogP contribution in [0.5, 0.6) is 0 Å². The molecular formula is C12H14N2O. The lowest BCUT2D eigenvalue weighted by Crippen LogP contribution is -2.21. The molecule has 0 spiro atoms. The minimum atomic E-state index is -0.212. The van der Waals surface area contributed by atoms with E-state index in [9.17, 15) is 4.79 Å². The van der Waals surface area contributed by atoms with Gasteiger partial charge in [-0.1, -0.05) is 31.4 Å². The van der Waals surface area contributed by atoms with Crippen molar-refractivity contribution < 1.29 is 4.79 Å². The largest absolute Gasteiger partial charge is 0.325 e. The van der Waals surface area contributed by atoms with Gasteiger partial charge < -0.3 is 11.1 Å². The number of rotatable bonds is 4. The van der Waals surface area contributed by atoms with Gasteiger partial charge in [-0.3, -0.25) is 4.79 Å². The molecule has 0 aromatic heterocycles. The van der Waals surface area contributed by atoms with Crippen LogP contribution in [0.3, 0.4) is 0 Å². The molecule has 3 N–H and O–H groups in total. The Labute approximate surface area is 89.3 Å². The second kappa shape index (κ2) is 5.12. The van der Waals surface area contributed by atoms with Crippen LogP contribution in [0.25, 0.3) is 12.2 Å². The molecule has 1 amide bonds. The van der Waals surface area contributed by atoms with Crippen molar-refractivity contribution >= 4 is 23.7 Å². The van der Waals surface area contributed by atoms with Crippen molar-refractivity contribution in [2.75, 3.05) is 11.9 Å². The standard InChI is InChI=1S/C12H14N2O/c1-3-9-5-6-11(7-10(9)4-2)14-12(15)8-13/h3-7H,1-2,8,13H2,(H,14,15). The number of nitrogens with two attached hydrogens (primary N) is 1. The van der Waals surface area contributed by atoms with Crippen molar-refractivity contribution in [3.63, 3.8) is 0 Å². The molecule has 0 bridgehead atoms. The zero-order chi connectivity index (χ0) is 11.3. The molecule has 0 aliphatic rings. The first kappa shape index (κ1) is 11.2. The molecule has 0 unspecified atom stereocenters. The summed E-state index contributed by atoms with van der Waals surface area (Å²) >= 11 is 0. The Morgan fingerprint density at radius 2 is 2.00 bits per heavy atom. The molecule has 1 aromatic rings. The number of carbonyl (C=O) groups is 1. The molecule has 0 saturated heterocycles. The normalized spacial score (nSPS) is 9.40. The van der Waals surface area contributed by atoms with Gasteiger partial charge in [0.15, 0.2) is 0 Å². The number of amides is 1. The van der Waals surface area contributed by atoms with Gasteiger partial charge in [0.25, 0.3) is 0 Å². The quantitative estimate of drug-likeness (QED) is 0.783. The van der Waals surface area contributed by atoms with E-state index in [0.717, 1.165) is 11.1 Å². The van der Waals surface area contributed by atoms with E-state index >= 15 is 0 Å². The Morgan fingerprint density at radius 1 is 1.33 bits per heavy atom. The van der Waals surface area contributed by atoms with Crippen LogP contribution in [0.2, 0.25) is 0 Å². The van der Waals surface area contributed by atoms with Crippen molar-refractivity contribution in [1.29, 1.82) is 0 Å². The molecule has 0 atom stereocenters. The Balaban J connectivity index is 2.97. The summed E-state index contributed by atoms with van der Waals surface area (Å²) in [6.45, 7) is 7.36. The lowest BCUT2D eigenvalue weighted by molar-refractivity contribution is -0.114. The van der Waals surface area contributed by atoms with E-state index in [2.05, 4.69) is 18.5 Å². The van der Waals surface area contributed by atoms with Crippen LogP contribution in [0.4, 0.5) is 5.69 Å².